The van der Waals surface area contributed by atoms with E-state index in [-0.39, 0.29) is 5.91 Å². The summed E-state index contributed by atoms with van der Waals surface area (Å²) < 4.78 is 0.971. The first-order chi connectivity index (χ1) is 9.51. The second-order valence-electron chi connectivity index (χ2n) is 4.48. The fourth-order valence-electron chi connectivity index (χ4n) is 1.94. The standard InChI is InChI=1S/C15H14BrNO3/c1-2-13(15(19)20)17-14(18)11-4-3-10-8-12(16)6-5-9(10)7-11/h3-8,13H,2H2,1H3,(H,17,18)(H,19,20)/t13-/m0/s1. The minimum Gasteiger partial charge on any atom is -0.480 e. The lowest BCUT2D eigenvalue weighted by Gasteiger charge is -2.12. The van der Waals surface area contributed by atoms with Crippen LogP contribution in [0.3, 0.4) is 0 Å². The van der Waals surface area contributed by atoms with Crippen LogP contribution < -0.4 is 5.32 Å². The number of amides is 1. The molecule has 0 aliphatic carbocycles. The van der Waals surface area contributed by atoms with Crippen LogP contribution in [0.15, 0.2) is 40.9 Å². The fraction of sp³-hybridized carbons (Fsp3) is 0.200. The molecule has 5 heteroatoms. The van der Waals surface area contributed by atoms with Crippen molar-refractivity contribution < 1.29 is 14.7 Å². The molecular weight excluding hydrogens is 322 g/mol. The van der Waals surface area contributed by atoms with Crippen molar-refractivity contribution in [3.05, 3.63) is 46.4 Å². The number of aliphatic carboxylic acids is 1. The number of carboxylic acid groups (broad SMARTS) is 1. The number of halogens is 1. The Labute approximate surface area is 124 Å². The summed E-state index contributed by atoms with van der Waals surface area (Å²) in [6, 6.07) is 10.2. The summed E-state index contributed by atoms with van der Waals surface area (Å²) in [5, 5.41) is 13.4. The minimum absolute atomic E-state index is 0.349. The molecule has 0 heterocycles. The second-order valence-corrected chi connectivity index (χ2v) is 5.39. The average Bonchev–Trinajstić information content (AvgIpc) is 2.43. The lowest BCUT2D eigenvalue weighted by molar-refractivity contribution is -0.139. The number of hydrogen-bond donors (Lipinski definition) is 2. The molecule has 0 saturated heterocycles. The van der Waals surface area contributed by atoms with Crippen LogP contribution in [0.1, 0.15) is 23.7 Å². The van der Waals surface area contributed by atoms with E-state index in [1.807, 2.05) is 24.3 Å². The normalized spacial score (nSPS) is 12.1. The number of carboxylic acids is 1. The first-order valence-corrected chi connectivity index (χ1v) is 7.03. The first kappa shape index (κ1) is 14.5. The Morgan fingerprint density at radius 3 is 2.50 bits per heavy atom. The lowest BCUT2D eigenvalue weighted by Crippen LogP contribution is -2.40. The van der Waals surface area contributed by atoms with Gasteiger partial charge in [-0.3, -0.25) is 4.79 Å². The maximum absolute atomic E-state index is 12.0. The largest absolute Gasteiger partial charge is 0.480 e. The molecule has 2 aromatic carbocycles. The van der Waals surface area contributed by atoms with E-state index in [2.05, 4.69) is 21.2 Å². The van der Waals surface area contributed by atoms with E-state index in [4.69, 9.17) is 5.11 Å². The Bertz CT molecular complexity index is 669. The van der Waals surface area contributed by atoms with Gasteiger partial charge in [0.25, 0.3) is 5.91 Å². The van der Waals surface area contributed by atoms with Gasteiger partial charge < -0.3 is 10.4 Å². The number of carbonyl (C=O) groups is 2. The zero-order valence-corrected chi connectivity index (χ0v) is 12.5. The molecule has 1 amide bonds. The van der Waals surface area contributed by atoms with Crippen molar-refractivity contribution in [3.63, 3.8) is 0 Å². The summed E-state index contributed by atoms with van der Waals surface area (Å²) in [6.45, 7) is 1.72. The van der Waals surface area contributed by atoms with Crippen LogP contribution in [-0.2, 0) is 4.79 Å². The van der Waals surface area contributed by atoms with Gasteiger partial charge in [-0.2, -0.15) is 0 Å². The zero-order chi connectivity index (χ0) is 14.7. The molecular formula is C15H14BrNO3. The summed E-state index contributed by atoms with van der Waals surface area (Å²) in [5.41, 5.74) is 0.458. The average molecular weight is 336 g/mol. The fourth-order valence-corrected chi connectivity index (χ4v) is 2.32. The van der Waals surface area contributed by atoms with Crippen molar-refractivity contribution in [1.82, 2.24) is 5.32 Å². The Morgan fingerprint density at radius 2 is 1.85 bits per heavy atom. The molecule has 0 aromatic heterocycles. The van der Waals surface area contributed by atoms with Gasteiger partial charge in [0.1, 0.15) is 6.04 Å². The highest BCUT2D eigenvalue weighted by Gasteiger charge is 2.18. The smallest absolute Gasteiger partial charge is 0.326 e. The molecule has 20 heavy (non-hydrogen) atoms. The van der Waals surface area contributed by atoms with E-state index in [9.17, 15) is 9.59 Å². The summed E-state index contributed by atoms with van der Waals surface area (Å²) in [6.07, 6.45) is 0.349. The molecule has 0 spiro atoms. The molecule has 0 bridgehead atoms. The van der Waals surface area contributed by atoms with E-state index in [1.165, 1.54) is 0 Å². The van der Waals surface area contributed by atoms with Gasteiger partial charge in [-0.1, -0.05) is 35.0 Å². The molecule has 104 valence electrons. The Kier molecular flexibility index (Phi) is 4.39. The van der Waals surface area contributed by atoms with Crippen molar-refractivity contribution in [2.45, 2.75) is 19.4 Å². The zero-order valence-electron chi connectivity index (χ0n) is 10.9. The van der Waals surface area contributed by atoms with Crippen molar-refractivity contribution in [2.75, 3.05) is 0 Å². The van der Waals surface area contributed by atoms with E-state index in [0.717, 1.165) is 15.2 Å². The molecule has 0 fully saturated rings. The Morgan fingerprint density at radius 1 is 1.20 bits per heavy atom. The summed E-state index contributed by atoms with van der Waals surface area (Å²) >= 11 is 3.39. The topological polar surface area (TPSA) is 66.4 Å². The van der Waals surface area contributed by atoms with E-state index >= 15 is 0 Å². The van der Waals surface area contributed by atoms with Crippen molar-refractivity contribution in [1.29, 1.82) is 0 Å². The summed E-state index contributed by atoms with van der Waals surface area (Å²) in [5.74, 6) is -1.39. The third-order valence-electron chi connectivity index (χ3n) is 3.08. The molecule has 4 nitrogen and oxygen atoms in total. The van der Waals surface area contributed by atoms with Gasteiger partial charge in [-0.25, -0.2) is 4.79 Å². The van der Waals surface area contributed by atoms with E-state index < -0.39 is 12.0 Å². The van der Waals surface area contributed by atoms with Gasteiger partial charge in [0.2, 0.25) is 0 Å². The molecule has 0 unspecified atom stereocenters. The predicted molar refractivity (Wildman–Crippen MR) is 80.8 cm³/mol. The van der Waals surface area contributed by atoms with Crippen molar-refractivity contribution in [2.24, 2.45) is 0 Å². The molecule has 0 aliphatic rings. The van der Waals surface area contributed by atoms with Crippen molar-refractivity contribution >= 4 is 38.6 Å². The number of carbonyl (C=O) groups excluding carboxylic acids is 1. The van der Waals surface area contributed by atoms with Crippen LogP contribution in [0.4, 0.5) is 0 Å². The predicted octanol–water partition coefficient (Wildman–Crippen LogP) is 3.20. The first-order valence-electron chi connectivity index (χ1n) is 6.24. The van der Waals surface area contributed by atoms with Gasteiger partial charge in [-0.05, 0) is 41.5 Å². The second kappa shape index (κ2) is 6.05. The van der Waals surface area contributed by atoms with E-state index in [0.29, 0.717) is 12.0 Å². The van der Waals surface area contributed by atoms with Crippen LogP contribution >= 0.6 is 15.9 Å². The van der Waals surface area contributed by atoms with Crippen LogP contribution in [0.2, 0.25) is 0 Å². The Hall–Kier alpha value is -1.88. The number of fused-ring (bicyclic) bond motifs is 1. The van der Waals surface area contributed by atoms with Crippen LogP contribution in [-0.4, -0.2) is 23.0 Å². The third kappa shape index (κ3) is 3.17. The molecule has 0 saturated carbocycles. The quantitative estimate of drug-likeness (QED) is 0.901. The molecule has 2 rings (SSSR count). The van der Waals surface area contributed by atoms with Gasteiger partial charge in [0.05, 0.1) is 0 Å². The Balaban J connectivity index is 2.26. The highest BCUT2D eigenvalue weighted by molar-refractivity contribution is 9.10. The monoisotopic (exact) mass is 335 g/mol. The number of benzene rings is 2. The van der Waals surface area contributed by atoms with Gasteiger partial charge in [-0.15, -0.1) is 0 Å². The highest BCUT2D eigenvalue weighted by Crippen LogP contribution is 2.21. The van der Waals surface area contributed by atoms with Crippen LogP contribution in [0, 0.1) is 0 Å². The summed E-state index contributed by atoms with van der Waals surface area (Å²) in [7, 11) is 0. The van der Waals surface area contributed by atoms with Gasteiger partial charge >= 0.3 is 5.97 Å². The molecule has 2 aromatic rings. The molecule has 0 aliphatic heterocycles. The number of hydrogen-bond acceptors (Lipinski definition) is 2. The maximum atomic E-state index is 12.0. The van der Waals surface area contributed by atoms with Crippen molar-refractivity contribution in [3.8, 4) is 0 Å². The van der Waals surface area contributed by atoms with Crippen LogP contribution in [0.25, 0.3) is 10.8 Å². The van der Waals surface area contributed by atoms with E-state index in [1.54, 1.807) is 19.1 Å². The summed E-state index contributed by atoms with van der Waals surface area (Å²) in [4.78, 5) is 23.0. The van der Waals surface area contributed by atoms with Crippen LogP contribution in [0.5, 0.6) is 0 Å². The highest BCUT2D eigenvalue weighted by atomic mass is 79.9. The number of rotatable bonds is 4. The third-order valence-corrected chi connectivity index (χ3v) is 3.57. The molecule has 2 N–H and O–H groups in total. The minimum atomic E-state index is -1.02. The lowest BCUT2D eigenvalue weighted by atomic mass is 10.1. The van der Waals surface area contributed by atoms with Gasteiger partial charge in [0.15, 0.2) is 0 Å². The maximum Gasteiger partial charge on any atom is 0.326 e. The molecule has 0 radical (unpaired) electrons. The number of nitrogens with one attached hydrogen (secondary N) is 1. The van der Waals surface area contributed by atoms with Gasteiger partial charge in [0, 0.05) is 10.0 Å². The molecule has 1 atom stereocenters. The SMILES string of the molecule is CC[C@H](NC(=O)c1ccc2cc(Br)ccc2c1)C(=O)O.